The van der Waals surface area contributed by atoms with Crippen molar-refractivity contribution in [3.8, 4) is 5.75 Å². The van der Waals surface area contributed by atoms with E-state index in [2.05, 4.69) is 5.32 Å². The van der Waals surface area contributed by atoms with Crippen LogP contribution in [0.4, 0.5) is 4.39 Å². The topological polar surface area (TPSA) is 73.9 Å². The molecule has 1 N–H and O–H groups in total. The molecule has 0 saturated heterocycles. The van der Waals surface area contributed by atoms with Gasteiger partial charge in [-0.25, -0.2) is 9.18 Å². The molecule has 2 atom stereocenters. The lowest BCUT2D eigenvalue weighted by Gasteiger charge is -2.28. The van der Waals surface area contributed by atoms with Gasteiger partial charge in [0.05, 0.1) is 13.0 Å². The zero-order valence-corrected chi connectivity index (χ0v) is 19.7. The lowest BCUT2D eigenvalue weighted by atomic mass is 10.0. The van der Waals surface area contributed by atoms with Crippen LogP contribution in [0, 0.1) is 11.7 Å². The molecule has 1 amide bonds. The molecule has 182 valence electrons. The van der Waals surface area contributed by atoms with Crippen molar-refractivity contribution in [2.24, 2.45) is 5.92 Å². The van der Waals surface area contributed by atoms with Gasteiger partial charge in [-0.05, 0) is 23.6 Å². The highest BCUT2D eigenvalue weighted by molar-refractivity contribution is 5.85. The van der Waals surface area contributed by atoms with Crippen LogP contribution < -0.4 is 10.1 Å². The molecule has 0 saturated carbocycles. The first-order valence-electron chi connectivity index (χ1n) is 11.5. The molecule has 0 aromatic heterocycles. The average molecular weight is 478 g/mol. The molecule has 1 aliphatic heterocycles. The number of ether oxygens (including phenoxy) is 3. The van der Waals surface area contributed by atoms with Crippen molar-refractivity contribution in [2.45, 2.75) is 45.8 Å². The number of esters is 1. The van der Waals surface area contributed by atoms with Crippen molar-refractivity contribution < 1.29 is 28.2 Å². The SMILES string of the molecule is CC(C)[C@H](NC(=O)Cc1ccccc1)C(=O)OCc1cc(F)cc2c1O[C@H](c1ccccc1)OC2. The van der Waals surface area contributed by atoms with Gasteiger partial charge in [-0.15, -0.1) is 0 Å². The van der Waals surface area contributed by atoms with Crippen molar-refractivity contribution in [3.63, 3.8) is 0 Å². The summed E-state index contributed by atoms with van der Waals surface area (Å²) in [5.41, 5.74) is 2.61. The predicted octanol–water partition coefficient (Wildman–Crippen LogP) is 4.86. The van der Waals surface area contributed by atoms with E-state index in [1.807, 2.05) is 74.5 Å². The number of carbonyl (C=O) groups excluding carboxylic acids is 2. The van der Waals surface area contributed by atoms with E-state index in [4.69, 9.17) is 14.2 Å². The van der Waals surface area contributed by atoms with Gasteiger partial charge in [-0.1, -0.05) is 74.5 Å². The Morgan fingerprint density at radius 2 is 1.74 bits per heavy atom. The second-order valence-corrected chi connectivity index (χ2v) is 8.78. The molecule has 0 spiro atoms. The summed E-state index contributed by atoms with van der Waals surface area (Å²) in [6.07, 6.45) is -0.493. The molecule has 6 nitrogen and oxygen atoms in total. The Kier molecular flexibility index (Phi) is 7.77. The fourth-order valence-electron chi connectivity index (χ4n) is 3.90. The minimum atomic E-state index is -0.836. The van der Waals surface area contributed by atoms with Crippen LogP contribution in [-0.2, 0) is 38.7 Å². The van der Waals surface area contributed by atoms with Gasteiger partial charge in [0.1, 0.15) is 24.2 Å². The summed E-state index contributed by atoms with van der Waals surface area (Å²) in [4.78, 5) is 25.4. The van der Waals surface area contributed by atoms with Crippen molar-refractivity contribution in [1.29, 1.82) is 0 Å². The summed E-state index contributed by atoms with van der Waals surface area (Å²) in [6, 6.07) is 20.5. The number of hydrogen-bond donors (Lipinski definition) is 1. The molecular weight excluding hydrogens is 449 g/mol. The highest BCUT2D eigenvalue weighted by Gasteiger charge is 2.28. The summed E-state index contributed by atoms with van der Waals surface area (Å²) in [7, 11) is 0. The number of benzene rings is 3. The quantitative estimate of drug-likeness (QED) is 0.469. The molecule has 7 heteroatoms. The summed E-state index contributed by atoms with van der Waals surface area (Å²) in [5.74, 6) is -1.10. The third-order valence-electron chi connectivity index (χ3n) is 5.71. The van der Waals surface area contributed by atoms with Crippen LogP contribution >= 0.6 is 0 Å². The summed E-state index contributed by atoms with van der Waals surface area (Å²) < 4.78 is 31.5. The van der Waals surface area contributed by atoms with E-state index >= 15 is 0 Å². The molecule has 0 unspecified atom stereocenters. The monoisotopic (exact) mass is 477 g/mol. The first kappa shape index (κ1) is 24.4. The Bertz CT molecular complexity index is 1170. The van der Waals surface area contributed by atoms with Gasteiger partial charge in [-0.3, -0.25) is 4.79 Å². The summed E-state index contributed by atoms with van der Waals surface area (Å²) >= 11 is 0. The summed E-state index contributed by atoms with van der Waals surface area (Å²) in [5, 5.41) is 2.76. The Labute approximate surface area is 204 Å². The Hall–Kier alpha value is -3.71. The smallest absolute Gasteiger partial charge is 0.329 e. The highest BCUT2D eigenvalue weighted by Crippen LogP contribution is 2.36. The number of halogens is 1. The molecule has 1 heterocycles. The zero-order valence-electron chi connectivity index (χ0n) is 19.7. The fraction of sp³-hybridized carbons (Fsp3) is 0.286. The second-order valence-electron chi connectivity index (χ2n) is 8.78. The maximum absolute atomic E-state index is 14.3. The van der Waals surface area contributed by atoms with E-state index in [0.29, 0.717) is 16.9 Å². The van der Waals surface area contributed by atoms with Crippen molar-refractivity contribution >= 4 is 11.9 Å². The third kappa shape index (κ3) is 6.25. The minimum Gasteiger partial charge on any atom is -0.460 e. The number of nitrogens with one attached hydrogen (secondary N) is 1. The van der Waals surface area contributed by atoms with E-state index in [0.717, 1.165) is 11.1 Å². The van der Waals surface area contributed by atoms with Gasteiger partial charge in [0.15, 0.2) is 0 Å². The molecule has 3 aromatic rings. The van der Waals surface area contributed by atoms with Gasteiger partial charge >= 0.3 is 5.97 Å². The van der Waals surface area contributed by atoms with Crippen LogP contribution in [0.3, 0.4) is 0 Å². The van der Waals surface area contributed by atoms with Gasteiger partial charge in [0, 0.05) is 16.7 Å². The molecule has 4 rings (SSSR count). The Balaban J connectivity index is 1.44. The fourth-order valence-corrected chi connectivity index (χ4v) is 3.90. The zero-order chi connectivity index (χ0) is 24.8. The molecule has 1 aliphatic rings. The van der Waals surface area contributed by atoms with E-state index < -0.39 is 24.1 Å². The van der Waals surface area contributed by atoms with Crippen molar-refractivity contribution in [3.05, 3.63) is 101 Å². The Morgan fingerprint density at radius 1 is 1.06 bits per heavy atom. The highest BCUT2D eigenvalue weighted by atomic mass is 19.1. The maximum atomic E-state index is 14.3. The standard InChI is InChI=1S/C28H28FNO5/c1-18(2)25(30-24(31)13-19-9-5-3-6-10-19)27(32)33-16-21-14-23(29)15-22-17-34-28(35-26(21)22)20-11-7-4-8-12-20/h3-12,14-15,18,25,28H,13,16-17H2,1-2H3,(H,30,31)/t25-,28+/m0/s1. The van der Waals surface area contributed by atoms with E-state index in [1.165, 1.54) is 12.1 Å². The first-order valence-corrected chi connectivity index (χ1v) is 11.5. The van der Waals surface area contributed by atoms with Crippen LogP contribution in [0.5, 0.6) is 5.75 Å². The van der Waals surface area contributed by atoms with Gasteiger partial charge in [-0.2, -0.15) is 0 Å². The third-order valence-corrected chi connectivity index (χ3v) is 5.71. The van der Waals surface area contributed by atoms with Gasteiger partial charge < -0.3 is 19.5 Å². The molecule has 35 heavy (non-hydrogen) atoms. The number of carbonyl (C=O) groups is 2. The van der Waals surface area contributed by atoms with E-state index in [1.54, 1.807) is 0 Å². The molecule has 3 aromatic carbocycles. The first-order chi connectivity index (χ1) is 16.9. The molecule has 0 aliphatic carbocycles. The maximum Gasteiger partial charge on any atom is 0.329 e. The van der Waals surface area contributed by atoms with E-state index in [9.17, 15) is 14.0 Å². The number of amides is 1. The lowest BCUT2D eigenvalue weighted by molar-refractivity contribution is -0.150. The van der Waals surface area contributed by atoms with Gasteiger partial charge in [0.25, 0.3) is 0 Å². The van der Waals surface area contributed by atoms with Crippen LogP contribution in [0.2, 0.25) is 0 Å². The van der Waals surface area contributed by atoms with Crippen LogP contribution in [-0.4, -0.2) is 17.9 Å². The van der Waals surface area contributed by atoms with Gasteiger partial charge in [0.2, 0.25) is 12.2 Å². The predicted molar refractivity (Wildman–Crippen MR) is 128 cm³/mol. The molecular formula is C28H28FNO5. The minimum absolute atomic E-state index is 0.156. The number of rotatable bonds is 8. The van der Waals surface area contributed by atoms with Crippen LogP contribution in [0.25, 0.3) is 0 Å². The summed E-state index contributed by atoms with van der Waals surface area (Å²) in [6.45, 7) is 3.61. The number of hydrogen-bond acceptors (Lipinski definition) is 5. The average Bonchev–Trinajstić information content (AvgIpc) is 2.86. The van der Waals surface area contributed by atoms with Crippen LogP contribution in [0.1, 0.15) is 42.4 Å². The second kappa shape index (κ2) is 11.1. The Morgan fingerprint density at radius 3 is 2.43 bits per heavy atom. The molecule has 0 fully saturated rings. The van der Waals surface area contributed by atoms with Crippen molar-refractivity contribution in [2.75, 3.05) is 0 Å². The lowest BCUT2D eigenvalue weighted by Crippen LogP contribution is -2.45. The largest absolute Gasteiger partial charge is 0.460 e. The number of fused-ring (bicyclic) bond motifs is 1. The van der Waals surface area contributed by atoms with Crippen molar-refractivity contribution in [1.82, 2.24) is 5.32 Å². The molecule has 0 radical (unpaired) electrons. The molecule has 0 bridgehead atoms. The normalized spacial score (nSPS) is 15.6. The van der Waals surface area contributed by atoms with Crippen LogP contribution in [0.15, 0.2) is 72.8 Å². The van der Waals surface area contributed by atoms with E-state index in [-0.39, 0.29) is 31.5 Å².